The van der Waals surface area contributed by atoms with Gasteiger partial charge in [0.2, 0.25) is 0 Å². The van der Waals surface area contributed by atoms with E-state index >= 15 is 0 Å². The van der Waals surface area contributed by atoms with Gasteiger partial charge in [0.1, 0.15) is 5.82 Å². The fourth-order valence-corrected chi connectivity index (χ4v) is 2.82. The highest BCUT2D eigenvalue weighted by Crippen LogP contribution is 2.42. The Hall–Kier alpha value is -2.31. The van der Waals surface area contributed by atoms with Crippen LogP contribution in [0.4, 0.5) is 20.3 Å². The number of ether oxygens (including phenoxy) is 2. The van der Waals surface area contributed by atoms with Gasteiger partial charge in [0.15, 0.2) is 11.5 Å². The highest BCUT2D eigenvalue weighted by molar-refractivity contribution is 6.39. The maximum absolute atomic E-state index is 13.0. The quantitative estimate of drug-likeness (QED) is 0.638. The van der Waals surface area contributed by atoms with E-state index in [1.807, 2.05) is 0 Å². The Kier molecular flexibility index (Phi) is 3.40. The fraction of sp³-hybridized carbons (Fsp3) is 0.0625. The third kappa shape index (κ3) is 2.68. The Morgan fingerprint density at radius 2 is 1.67 bits per heavy atom. The molecule has 1 N–H and O–H groups in total. The number of aromatic nitrogens is 1. The van der Waals surface area contributed by atoms with E-state index in [2.05, 4.69) is 19.8 Å². The number of nitrogens with zero attached hydrogens (tertiary/aromatic N) is 1. The highest BCUT2D eigenvalue weighted by atomic mass is 35.5. The molecule has 0 saturated carbocycles. The summed E-state index contributed by atoms with van der Waals surface area (Å²) in [4.78, 5) is 4.41. The summed E-state index contributed by atoms with van der Waals surface area (Å²) in [6.45, 7) is 0. The second-order valence-electron chi connectivity index (χ2n) is 5.08. The number of nitrogens with one attached hydrogen (secondary N) is 1. The zero-order chi connectivity index (χ0) is 16.9. The molecule has 0 bridgehead atoms. The van der Waals surface area contributed by atoms with Crippen LogP contribution in [0.5, 0.6) is 11.5 Å². The molecule has 1 aliphatic heterocycles. The molecule has 24 heavy (non-hydrogen) atoms. The van der Waals surface area contributed by atoms with Crippen molar-refractivity contribution in [2.24, 2.45) is 0 Å². The number of pyridine rings is 1. The van der Waals surface area contributed by atoms with Crippen LogP contribution in [-0.2, 0) is 0 Å². The number of hydrogen-bond acceptors (Lipinski definition) is 4. The maximum Gasteiger partial charge on any atom is 0.586 e. The molecule has 2 aromatic carbocycles. The third-order valence-corrected chi connectivity index (χ3v) is 4.06. The monoisotopic (exact) mass is 368 g/mol. The largest absolute Gasteiger partial charge is 0.586 e. The van der Waals surface area contributed by atoms with Crippen molar-refractivity contribution in [2.45, 2.75) is 6.29 Å². The van der Waals surface area contributed by atoms with Crippen molar-refractivity contribution in [3.05, 3.63) is 52.5 Å². The van der Waals surface area contributed by atoms with E-state index in [1.54, 1.807) is 30.3 Å². The van der Waals surface area contributed by atoms with E-state index in [9.17, 15) is 8.78 Å². The molecule has 0 fully saturated rings. The topological polar surface area (TPSA) is 43.4 Å². The average molecular weight is 369 g/mol. The first-order valence-electron chi connectivity index (χ1n) is 6.83. The third-order valence-electron chi connectivity index (χ3n) is 3.43. The zero-order valence-corrected chi connectivity index (χ0v) is 13.3. The molecule has 1 aliphatic rings. The lowest BCUT2D eigenvalue weighted by Crippen LogP contribution is -2.25. The summed E-state index contributed by atoms with van der Waals surface area (Å²) >= 11 is 12.3. The summed E-state index contributed by atoms with van der Waals surface area (Å²) in [5, 5.41) is 4.73. The summed E-state index contributed by atoms with van der Waals surface area (Å²) < 4.78 is 34.9. The van der Waals surface area contributed by atoms with Crippen molar-refractivity contribution >= 4 is 45.6 Å². The molecule has 0 saturated heterocycles. The number of halogens is 4. The minimum Gasteiger partial charge on any atom is -0.395 e. The molecule has 0 spiro atoms. The van der Waals surface area contributed by atoms with Crippen LogP contribution in [0.25, 0.3) is 10.9 Å². The van der Waals surface area contributed by atoms with Gasteiger partial charge in [0, 0.05) is 17.1 Å². The minimum absolute atomic E-state index is 0.0214. The Balaban J connectivity index is 1.67. The van der Waals surface area contributed by atoms with Crippen LogP contribution in [-0.4, -0.2) is 11.3 Å². The normalized spacial score (nSPS) is 14.8. The minimum atomic E-state index is -3.65. The molecule has 1 aromatic heterocycles. The first-order valence-corrected chi connectivity index (χ1v) is 7.58. The van der Waals surface area contributed by atoms with E-state index < -0.39 is 6.29 Å². The lowest BCUT2D eigenvalue weighted by atomic mass is 10.2. The smallest absolute Gasteiger partial charge is 0.395 e. The summed E-state index contributed by atoms with van der Waals surface area (Å²) in [6.07, 6.45) is -3.65. The maximum atomic E-state index is 13.0. The van der Waals surface area contributed by atoms with E-state index in [0.717, 1.165) is 5.39 Å². The summed E-state index contributed by atoms with van der Waals surface area (Å²) in [5.74, 6) is 0.413. The van der Waals surface area contributed by atoms with Crippen molar-refractivity contribution in [2.75, 3.05) is 5.32 Å². The second-order valence-corrected chi connectivity index (χ2v) is 5.89. The molecule has 3 aromatic rings. The number of anilines is 2. The van der Waals surface area contributed by atoms with Crippen LogP contribution in [0.1, 0.15) is 0 Å². The van der Waals surface area contributed by atoms with Gasteiger partial charge in [-0.25, -0.2) is 4.98 Å². The molecule has 2 heterocycles. The summed E-state index contributed by atoms with van der Waals surface area (Å²) in [7, 11) is 0. The van der Waals surface area contributed by atoms with Gasteiger partial charge in [-0.1, -0.05) is 23.2 Å². The standard InChI is InChI=1S/C16H8Cl2F2N2O2/c17-10-3-4-11(18)15-9(10)2-6-14(22-15)21-8-1-5-12-13(7-8)24-16(19,20)23-12/h1-7H,(H,21,22). The molecule has 0 aliphatic carbocycles. The van der Waals surface area contributed by atoms with Crippen LogP contribution in [0.2, 0.25) is 10.0 Å². The molecule has 0 atom stereocenters. The van der Waals surface area contributed by atoms with Gasteiger partial charge in [0.05, 0.1) is 15.6 Å². The summed E-state index contributed by atoms with van der Waals surface area (Å²) in [6, 6.07) is 11.2. The first kappa shape index (κ1) is 15.2. The van der Waals surface area contributed by atoms with Gasteiger partial charge in [0.25, 0.3) is 0 Å². The van der Waals surface area contributed by atoms with Crippen molar-refractivity contribution in [1.29, 1.82) is 0 Å². The highest BCUT2D eigenvalue weighted by Gasteiger charge is 2.43. The van der Waals surface area contributed by atoms with Gasteiger partial charge in [-0.05, 0) is 36.4 Å². The van der Waals surface area contributed by atoms with Crippen LogP contribution < -0.4 is 14.8 Å². The van der Waals surface area contributed by atoms with Crippen molar-refractivity contribution < 1.29 is 18.3 Å². The van der Waals surface area contributed by atoms with Gasteiger partial charge >= 0.3 is 6.29 Å². The van der Waals surface area contributed by atoms with E-state index in [0.29, 0.717) is 27.1 Å². The van der Waals surface area contributed by atoms with E-state index in [1.165, 1.54) is 12.1 Å². The number of alkyl halides is 2. The van der Waals surface area contributed by atoms with E-state index in [4.69, 9.17) is 23.2 Å². The number of benzene rings is 2. The molecule has 122 valence electrons. The molecule has 0 radical (unpaired) electrons. The molecular formula is C16H8Cl2F2N2O2. The molecule has 4 nitrogen and oxygen atoms in total. The second kappa shape index (κ2) is 5.36. The summed E-state index contributed by atoms with van der Waals surface area (Å²) in [5.41, 5.74) is 1.06. The average Bonchev–Trinajstić information content (AvgIpc) is 2.84. The number of fused-ring (bicyclic) bond motifs is 2. The van der Waals surface area contributed by atoms with Crippen LogP contribution in [0.15, 0.2) is 42.5 Å². The van der Waals surface area contributed by atoms with Crippen molar-refractivity contribution in [1.82, 2.24) is 4.98 Å². The fourth-order valence-electron chi connectivity index (χ4n) is 2.39. The predicted octanol–water partition coefficient (Wildman–Crippen LogP) is 5.61. The molecular weight excluding hydrogens is 361 g/mol. The van der Waals surface area contributed by atoms with Crippen LogP contribution >= 0.6 is 23.2 Å². The van der Waals surface area contributed by atoms with Gasteiger partial charge in [-0.2, -0.15) is 0 Å². The molecule has 0 amide bonds. The number of hydrogen-bond donors (Lipinski definition) is 1. The Morgan fingerprint density at radius 3 is 2.50 bits per heavy atom. The number of rotatable bonds is 2. The van der Waals surface area contributed by atoms with Crippen molar-refractivity contribution in [3.8, 4) is 11.5 Å². The molecule has 0 unspecified atom stereocenters. The predicted molar refractivity (Wildman–Crippen MR) is 87.7 cm³/mol. The van der Waals surface area contributed by atoms with E-state index in [-0.39, 0.29) is 11.5 Å². The Morgan fingerprint density at radius 1 is 0.917 bits per heavy atom. The zero-order valence-electron chi connectivity index (χ0n) is 11.8. The molecule has 8 heteroatoms. The molecule has 4 rings (SSSR count). The van der Waals surface area contributed by atoms with Crippen LogP contribution in [0.3, 0.4) is 0 Å². The van der Waals surface area contributed by atoms with Gasteiger partial charge in [-0.15, -0.1) is 8.78 Å². The van der Waals surface area contributed by atoms with Crippen LogP contribution in [0, 0.1) is 0 Å². The lowest BCUT2D eigenvalue weighted by molar-refractivity contribution is -0.286. The Labute approximate surface area is 144 Å². The first-order chi connectivity index (χ1) is 11.4. The van der Waals surface area contributed by atoms with Gasteiger partial charge < -0.3 is 14.8 Å². The lowest BCUT2D eigenvalue weighted by Gasteiger charge is -2.09. The Bertz CT molecular complexity index is 966. The van der Waals surface area contributed by atoms with Crippen molar-refractivity contribution in [3.63, 3.8) is 0 Å². The van der Waals surface area contributed by atoms with Gasteiger partial charge in [-0.3, -0.25) is 0 Å². The SMILES string of the molecule is FC1(F)Oc2ccc(Nc3ccc4c(Cl)ccc(Cl)c4n3)cc2O1.